The van der Waals surface area contributed by atoms with Crippen LogP contribution in [0.2, 0.25) is 0 Å². The third-order valence-electron chi connectivity index (χ3n) is 5.23. The van der Waals surface area contributed by atoms with Crippen LogP contribution in [-0.2, 0) is 13.0 Å². The Bertz CT molecular complexity index is 1060. The van der Waals surface area contributed by atoms with Gasteiger partial charge in [0.15, 0.2) is 11.5 Å². The maximum absolute atomic E-state index is 12.7. The number of methoxy groups -OCH3 is 3. The molecule has 0 saturated heterocycles. The predicted molar refractivity (Wildman–Crippen MR) is 116 cm³/mol. The summed E-state index contributed by atoms with van der Waals surface area (Å²) in [6.45, 7) is 1.18. The zero-order valence-corrected chi connectivity index (χ0v) is 17.7. The Labute approximate surface area is 180 Å². The van der Waals surface area contributed by atoms with Gasteiger partial charge in [0.25, 0.3) is 5.91 Å². The van der Waals surface area contributed by atoms with Gasteiger partial charge in [0, 0.05) is 49.5 Å². The van der Waals surface area contributed by atoms with E-state index in [1.165, 1.54) is 5.56 Å². The summed E-state index contributed by atoms with van der Waals surface area (Å²) < 4.78 is 16.2. The van der Waals surface area contributed by atoms with Gasteiger partial charge in [-0.05, 0) is 35.7 Å². The van der Waals surface area contributed by atoms with Crippen LogP contribution in [-0.4, -0.2) is 48.6 Å². The lowest BCUT2D eigenvalue weighted by Gasteiger charge is -2.29. The minimum atomic E-state index is -0.0154. The van der Waals surface area contributed by atoms with Crippen molar-refractivity contribution in [3.05, 3.63) is 65.6 Å². The number of anilines is 2. The standard InChI is InChI=1S/C23H24N4O4/c1-29-19-10-18(11-20(30-2)22(19)31-3)26-21-9-15-6-8-27(14-17(15)13-25-21)23(28)16-5-4-7-24-12-16/h4-5,7,9-13H,6,8,14H2,1-3H3,(H,25,26). The van der Waals surface area contributed by atoms with Gasteiger partial charge in [-0.1, -0.05) is 0 Å². The average Bonchev–Trinajstić information content (AvgIpc) is 2.83. The van der Waals surface area contributed by atoms with Crippen LogP contribution in [0.3, 0.4) is 0 Å². The molecule has 1 N–H and O–H groups in total. The molecular weight excluding hydrogens is 396 g/mol. The fourth-order valence-electron chi connectivity index (χ4n) is 3.66. The minimum absolute atomic E-state index is 0.0154. The molecule has 1 aliphatic rings. The minimum Gasteiger partial charge on any atom is -0.493 e. The molecule has 0 radical (unpaired) electrons. The number of hydrogen-bond acceptors (Lipinski definition) is 7. The Hall–Kier alpha value is -3.81. The maximum Gasteiger partial charge on any atom is 0.255 e. The second-order valence-electron chi connectivity index (χ2n) is 7.10. The highest BCUT2D eigenvalue weighted by Crippen LogP contribution is 2.40. The molecule has 3 heterocycles. The molecule has 0 atom stereocenters. The lowest BCUT2D eigenvalue weighted by Crippen LogP contribution is -2.36. The number of nitrogens with one attached hydrogen (secondary N) is 1. The first-order valence-electron chi connectivity index (χ1n) is 9.87. The van der Waals surface area contributed by atoms with Crippen molar-refractivity contribution in [2.45, 2.75) is 13.0 Å². The highest BCUT2D eigenvalue weighted by molar-refractivity contribution is 5.94. The molecule has 8 heteroatoms. The van der Waals surface area contributed by atoms with Gasteiger partial charge in [-0.25, -0.2) is 4.98 Å². The SMILES string of the molecule is COc1cc(Nc2cc3c(cn2)CN(C(=O)c2cccnc2)CC3)cc(OC)c1OC. The normalized spacial score (nSPS) is 12.7. The Morgan fingerprint density at radius 3 is 2.45 bits per heavy atom. The number of fused-ring (bicyclic) bond motifs is 1. The van der Waals surface area contributed by atoms with Crippen LogP contribution in [0, 0.1) is 0 Å². The van der Waals surface area contributed by atoms with E-state index in [0.29, 0.717) is 41.7 Å². The fourth-order valence-corrected chi connectivity index (χ4v) is 3.66. The van der Waals surface area contributed by atoms with E-state index < -0.39 is 0 Å². The molecule has 1 aliphatic heterocycles. The van der Waals surface area contributed by atoms with Crippen LogP contribution in [0.4, 0.5) is 11.5 Å². The van der Waals surface area contributed by atoms with Crippen LogP contribution >= 0.6 is 0 Å². The van der Waals surface area contributed by atoms with E-state index in [1.807, 2.05) is 29.3 Å². The van der Waals surface area contributed by atoms with Crippen molar-refractivity contribution in [2.24, 2.45) is 0 Å². The zero-order chi connectivity index (χ0) is 21.8. The highest BCUT2D eigenvalue weighted by Gasteiger charge is 2.22. The number of hydrogen-bond donors (Lipinski definition) is 1. The summed E-state index contributed by atoms with van der Waals surface area (Å²) in [5.41, 5.74) is 3.57. The summed E-state index contributed by atoms with van der Waals surface area (Å²) in [6, 6.07) is 9.24. The Balaban J connectivity index is 1.52. The van der Waals surface area contributed by atoms with E-state index in [9.17, 15) is 4.79 Å². The molecule has 8 nitrogen and oxygen atoms in total. The summed E-state index contributed by atoms with van der Waals surface area (Å²) in [5, 5.41) is 3.30. The van der Waals surface area contributed by atoms with Gasteiger partial charge < -0.3 is 24.4 Å². The Kier molecular flexibility index (Phi) is 5.88. The molecule has 1 amide bonds. The number of nitrogens with zero attached hydrogens (tertiary/aromatic N) is 3. The van der Waals surface area contributed by atoms with E-state index >= 15 is 0 Å². The molecule has 0 saturated carbocycles. The van der Waals surface area contributed by atoms with Crippen LogP contribution in [0.15, 0.2) is 48.9 Å². The van der Waals surface area contributed by atoms with Crippen molar-refractivity contribution in [2.75, 3.05) is 33.2 Å². The number of rotatable bonds is 6. The maximum atomic E-state index is 12.7. The van der Waals surface area contributed by atoms with E-state index in [0.717, 1.165) is 17.7 Å². The lowest BCUT2D eigenvalue weighted by molar-refractivity contribution is 0.0734. The molecule has 31 heavy (non-hydrogen) atoms. The monoisotopic (exact) mass is 420 g/mol. The number of pyridine rings is 2. The summed E-state index contributed by atoms with van der Waals surface area (Å²) in [4.78, 5) is 23.1. The van der Waals surface area contributed by atoms with Gasteiger partial charge >= 0.3 is 0 Å². The largest absolute Gasteiger partial charge is 0.493 e. The number of aromatic nitrogens is 2. The number of ether oxygens (including phenoxy) is 3. The quantitative estimate of drug-likeness (QED) is 0.654. The van der Waals surface area contributed by atoms with E-state index in [1.54, 1.807) is 45.9 Å². The Morgan fingerprint density at radius 1 is 1.03 bits per heavy atom. The average molecular weight is 420 g/mol. The predicted octanol–water partition coefficient (Wildman–Crippen LogP) is 3.44. The molecule has 0 fully saturated rings. The van der Waals surface area contributed by atoms with Gasteiger partial charge in [-0.15, -0.1) is 0 Å². The van der Waals surface area contributed by atoms with Gasteiger partial charge in [-0.3, -0.25) is 9.78 Å². The first kappa shape index (κ1) is 20.5. The number of amides is 1. The van der Waals surface area contributed by atoms with Crippen LogP contribution < -0.4 is 19.5 Å². The van der Waals surface area contributed by atoms with Crippen LogP contribution in [0.1, 0.15) is 21.5 Å². The topological polar surface area (TPSA) is 85.8 Å². The highest BCUT2D eigenvalue weighted by atomic mass is 16.5. The number of benzene rings is 1. The molecule has 2 aromatic heterocycles. The van der Waals surface area contributed by atoms with Gasteiger partial charge in [0.05, 0.1) is 26.9 Å². The number of carbonyl (C=O) groups excluding carboxylic acids is 1. The van der Waals surface area contributed by atoms with Gasteiger partial charge in [-0.2, -0.15) is 0 Å². The first-order chi connectivity index (χ1) is 15.1. The molecule has 1 aromatic carbocycles. The second-order valence-corrected chi connectivity index (χ2v) is 7.10. The molecule has 0 spiro atoms. The molecule has 4 rings (SSSR count). The van der Waals surface area contributed by atoms with Crippen molar-refractivity contribution >= 4 is 17.4 Å². The van der Waals surface area contributed by atoms with Crippen molar-refractivity contribution in [1.29, 1.82) is 0 Å². The third kappa shape index (κ3) is 4.23. The van der Waals surface area contributed by atoms with Crippen molar-refractivity contribution in [3.8, 4) is 17.2 Å². The molecule has 0 aliphatic carbocycles. The summed E-state index contributed by atoms with van der Waals surface area (Å²) in [5.74, 6) is 2.35. The van der Waals surface area contributed by atoms with E-state index in [2.05, 4.69) is 15.3 Å². The zero-order valence-electron chi connectivity index (χ0n) is 17.7. The molecular formula is C23H24N4O4. The molecule has 0 bridgehead atoms. The third-order valence-corrected chi connectivity index (χ3v) is 5.23. The van der Waals surface area contributed by atoms with Crippen molar-refractivity contribution < 1.29 is 19.0 Å². The van der Waals surface area contributed by atoms with Crippen molar-refractivity contribution in [3.63, 3.8) is 0 Å². The van der Waals surface area contributed by atoms with Crippen LogP contribution in [0.5, 0.6) is 17.2 Å². The van der Waals surface area contributed by atoms with E-state index in [-0.39, 0.29) is 5.91 Å². The molecule has 3 aromatic rings. The second kappa shape index (κ2) is 8.91. The van der Waals surface area contributed by atoms with Crippen molar-refractivity contribution in [1.82, 2.24) is 14.9 Å². The fraction of sp³-hybridized carbons (Fsp3) is 0.261. The van der Waals surface area contributed by atoms with Gasteiger partial charge in [0.2, 0.25) is 5.75 Å². The lowest BCUT2D eigenvalue weighted by atomic mass is 10.0. The summed E-state index contributed by atoms with van der Waals surface area (Å²) >= 11 is 0. The summed E-state index contributed by atoms with van der Waals surface area (Å²) in [7, 11) is 4.73. The summed E-state index contributed by atoms with van der Waals surface area (Å²) in [6.07, 6.45) is 5.83. The van der Waals surface area contributed by atoms with Gasteiger partial charge in [0.1, 0.15) is 5.82 Å². The molecule has 160 valence electrons. The number of carbonyl (C=O) groups is 1. The molecule has 0 unspecified atom stereocenters. The van der Waals surface area contributed by atoms with E-state index in [4.69, 9.17) is 14.2 Å². The smallest absolute Gasteiger partial charge is 0.255 e. The van der Waals surface area contributed by atoms with Crippen LogP contribution in [0.25, 0.3) is 0 Å². The first-order valence-corrected chi connectivity index (χ1v) is 9.87. The Morgan fingerprint density at radius 2 is 1.81 bits per heavy atom.